The van der Waals surface area contributed by atoms with E-state index in [9.17, 15) is 9.59 Å². The summed E-state index contributed by atoms with van der Waals surface area (Å²) in [5, 5.41) is 5.79. The van der Waals surface area contributed by atoms with Gasteiger partial charge >= 0.3 is 12.2 Å². The van der Waals surface area contributed by atoms with Gasteiger partial charge in [-0.3, -0.25) is 5.32 Å². The fourth-order valence-corrected chi connectivity index (χ4v) is 4.64. The number of anilines is 1. The van der Waals surface area contributed by atoms with Crippen molar-refractivity contribution in [1.29, 1.82) is 0 Å². The predicted molar refractivity (Wildman–Crippen MR) is 157 cm³/mol. The Morgan fingerprint density at radius 1 is 0.976 bits per heavy atom. The molecule has 41 heavy (non-hydrogen) atoms. The number of para-hydroxylation sites is 1. The lowest BCUT2D eigenvalue weighted by Crippen LogP contribution is -2.36. The first-order chi connectivity index (χ1) is 19.7. The quantitative estimate of drug-likeness (QED) is 0.240. The van der Waals surface area contributed by atoms with E-state index >= 15 is 0 Å². The summed E-state index contributed by atoms with van der Waals surface area (Å²) in [6.07, 6.45) is -0.643. The Morgan fingerprint density at radius 3 is 2.34 bits per heavy atom. The number of cyclic esters (lactones) is 1. The number of ether oxygens (including phenoxy) is 3. The van der Waals surface area contributed by atoms with E-state index < -0.39 is 23.8 Å². The van der Waals surface area contributed by atoms with Crippen LogP contribution in [0.25, 0.3) is 11.3 Å². The number of benzene rings is 3. The number of aromatic nitrogens is 1. The summed E-state index contributed by atoms with van der Waals surface area (Å²) >= 11 is 0. The van der Waals surface area contributed by atoms with E-state index in [1.165, 1.54) is 0 Å². The third kappa shape index (κ3) is 7.22. The third-order valence-electron chi connectivity index (χ3n) is 6.48. The Kier molecular flexibility index (Phi) is 8.19. The molecule has 0 fully saturated rings. The van der Waals surface area contributed by atoms with Crippen molar-refractivity contribution in [2.45, 2.75) is 52.0 Å². The van der Waals surface area contributed by atoms with Crippen LogP contribution in [0.15, 0.2) is 91.0 Å². The van der Waals surface area contributed by atoms with Gasteiger partial charge in [0.1, 0.15) is 30.4 Å². The van der Waals surface area contributed by atoms with Crippen LogP contribution in [-0.2, 0) is 29.1 Å². The number of nitrogens with zero attached hydrogens (tertiary/aromatic N) is 1. The van der Waals surface area contributed by atoms with Crippen LogP contribution in [0.3, 0.4) is 0 Å². The summed E-state index contributed by atoms with van der Waals surface area (Å²) < 4.78 is 17.2. The third-order valence-corrected chi connectivity index (χ3v) is 6.48. The molecule has 0 aliphatic carbocycles. The van der Waals surface area contributed by atoms with Gasteiger partial charge in [-0.25, -0.2) is 14.6 Å². The average molecular weight is 552 g/mol. The lowest BCUT2D eigenvalue weighted by molar-refractivity contribution is 0.0502. The normalized spacial score (nSPS) is 13.3. The SMILES string of the molecule is CC(C)(C)OC(=O)NC(Cc1ccccc1)c1cc(-c2ccccc2OCc2ccccc2)nc2c1COC(=O)N2. The largest absolute Gasteiger partial charge is 0.488 e. The highest BCUT2D eigenvalue weighted by Gasteiger charge is 2.29. The van der Waals surface area contributed by atoms with E-state index in [1.54, 1.807) is 0 Å². The summed E-state index contributed by atoms with van der Waals surface area (Å²) in [5.41, 5.74) is 4.18. The summed E-state index contributed by atoms with van der Waals surface area (Å²) in [4.78, 5) is 30.0. The molecule has 2 heterocycles. The molecule has 1 aromatic heterocycles. The van der Waals surface area contributed by atoms with Crippen LogP contribution < -0.4 is 15.4 Å². The van der Waals surface area contributed by atoms with Crippen molar-refractivity contribution < 1.29 is 23.8 Å². The van der Waals surface area contributed by atoms with Gasteiger partial charge in [-0.15, -0.1) is 0 Å². The van der Waals surface area contributed by atoms with Crippen molar-refractivity contribution in [1.82, 2.24) is 10.3 Å². The fourth-order valence-electron chi connectivity index (χ4n) is 4.64. The summed E-state index contributed by atoms with van der Waals surface area (Å²) in [6, 6.07) is 28.8. The van der Waals surface area contributed by atoms with Gasteiger partial charge in [0.2, 0.25) is 0 Å². The molecule has 0 spiro atoms. The molecular formula is C33H33N3O5. The predicted octanol–water partition coefficient (Wildman–Crippen LogP) is 7.20. The number of hydrogen-bond donors (Lipinski definition) is 2. The van der Waals surface area contributed by atoms with Gasteiger partial charge in [-0.05, 0) is 62.1 Å². The first-order valence-corrected chi connectivity index (χ1v) is 13.5. The summed E-state index contributed by atoms with van der Waals surface area (Å²) in [6.45, 7) is 5.87. The Hall–Kier alpha value is -4.85. The lowest BCUT2D eigenvalue weighted by atomic mass is 9.93. The maximum absolute atomic E-state index is 13.0. The topological polar surface area (TPSA) is 98.8 Å². The van der Waals surface area contributed by atoms with Crippen molar-refractivity contribution >= 4 is 18.0 Å². The molecule has 4 aromatic rings. The van der Waals surface area contributed by atoms with Crippen LogP contribution in [0, 0.1) is 0 Å². The maximum atomic E-state index is 13.0. The van der Waals surface area contributed by atoms with Crippen molar-refractivity contribution in [2.75, 3.05) is 5.32 Å². The number of alkyl carbamates (subject to hydrolysis) is 1. The molecule has 1 aliphatic rings. The van der Waals surface area contributed by atoms with Crippen molar-refractivity contribution in [3.63, 3.8) is 0 Å². The second-order valence-electron chi connectivity index (χ2n) is 10.8. The van der Waals surface area contributed by atoms with E-state index in [-0.39, 0.29) is 6.61 Å². The second kappa shape index (κ2) is 12.1. The number of rotatable bonds is 8. The molecule has 5 rings (SSSR count). The first-order valence-electron chi connectivity index (χ1n) is 13.5. The first kappa shape index (κ1) is 27.7. The molecular weight excluding hydrogens is 518 g/mol. The van der Waals surface area contributed by atoms with Gasteiger partial charge < -0.3 is 19.5 Å². The molecule has 1 unspecified atom stereocenters. The summed E-state index contributed by atoms with van der Waals surface area (Å²) in [5.74, 6) is 1.03. The smallest absolute Gasteiger partial charge is 0.413 e. The van der Waals surface area contributed by atoms with E-state index in [1.807, 2.05) is 112 Å². The van der Waals surface area contributed by atoms with E-state index in [0.29, 0.717) is 35.9 Å². The van der Waals surface area contributed by atoms with Crippen LogP contribution in [0.5, 0.6) is 5.75 Å². The standard InChI is InChI=1S/C33H33N3O5/c1-33(2,3)41-32(38)35-27(18-22-12-6-4-7-13-22)25-19-28(34-30-26(25)21-40-31(37)36-30)24-16-10-11-17-29(24)39-20-23-14-8-5-9-15-23/h4-17,19,27H,18,20-21H2,1-3H3,(H,35,38)(H,34,36,37). The number of amides is 2. The van der Waals surface area contributed by atoms with Gasteiger partial charge in [0.25, 0.3) is 0 Å². The highest BCUT2D eigenvalue weighted by atomic mass is 16.6. The van der Waals surface area contributed by atoms with E-state index in [0.717, 1.165) is 22.3 Å². The van der Waals surface area contributed by atoms with Crippen LogP contribution in [0.2, 0.25) is 0 Å². The van der Waals surface area contributed by atoms with Gasteiger partial charge in [-0.1, -0.05) is 72.8 Å². The molecule has 2 amide bonds. The Bertz CT molecular complexity index is 1520. The molecule has 0 saturated heterocycles. The van der Waals surface area contributed by atoms with Crippen LogP contribution >= 0.6 is 0 Å². The molecule has 8 heteroatoms. The monoisotopic (exact) mass is 551 g/mol. The van der Waals surface area contributed by atoms with Crippen molar-refractivity contribution in [3.05, 3.63) is 113 Å². The van der Waals surface area contributed by atoms with Gasteiger partial charge in [0.05, 0.1) is 11.7 Å². The highest BCUT2D eigenvalue weighted by molar-refractivity contribution is 5.87. The minimum Gasteiger partial charge on any atom is -0.488 e. The van der Waals surface area contributed by atoms with Gasteiger partial charge in [0, 0.05) is 11.1 Å². The summed E-state index contributed by atoms with van der Waals surface area (Å²) in [7, 11) is 0. The molecule has 210 valence electrons. The zero-order chi connectivity index (χ0) is 28.8. The molecule has 0 bridgehead atoms. The van der Waals surface area contributed by atoms with Crippen LogP contribution in [-0.4, -0.2) is 22.8 Å². The molecule has 0 radical (unpaired) electrons. The molecule has 3 aromatic carbocycles. The molecule has 0 saturated carbocycles. The minimum atomic E-state index is -0.670. The van der Waals surface area contributed by atoms with Crippen LogP contribution in [0.4, 0.5) is 15.4 Å². The zero-order valence-electron chi connectivity index (χ0n) is 23.3. The zero-order valence-corrected chi connectivity index (χ0v) is 23.3. The van der Waals surface area contributed by atoms with Gasteiger partial charge in [0.15, 0.2) is 0 Å². The number of nitrogens with one attached hydrogen (secondary N) is 2. The Balaban J connectivity index is 1.57. The minimum absolute atomic E-state index is 0.0250. The molecule has 8 nitrogen and oxygen atoms in total. The number of hydrogen-bond acceptors (Lipinski definition) is 6. The van der Waals surface area contributed by atoms with Crippen LogP contribution in [0.1, 0.15) is 49.1 Å². The molecule has 1 atom stereocenters. The number of carbonyl (C=O) groups excluding carboxylic acids is 2. The molecule has 2 N–H and O–H groups in total. The Morgan fingerprint density at radius 2 is 1.63 bits per heavy atom. The van der Waals surface area contributed by atoms with E-state index in [2.05, 4.69) is 10.6 Å². The lowest BCUT2D eigenvalue weighted by Gasteiger charge is -2.28. The van der Waals surface area contributed by atoms with Gasteiger partial charge in [-0.2, -0.15) is 0 Å². The fraction of sp³-hybridized carbons (Fsp3) is 0.242. The van der Waals surface area contributed by atoms with E-state index in [4.69, 9.17) is 19.2 Å². The van der Waals surface area contributed by atoms with Crippen molar-refractivity contribution in [2.24, 2.45) is 0 Å². The average Bonchev–Trinajstić information content (AvgIpc) is 2.95. The maximum Gasteiger partial charge on any atom is 0.413 e. The second-order valence-corrected chi connectivity index (χ2v) is 10.8. The highest BCUT2D eigenvalue weighted by Crippen LogP contribution is 2.37. The Labute approximate surface area is 239 Å². The van der Waals surface area contributed by atoms with Crippen molar-refractivity contribution in [3.8, 4) is 17.0 Å². The number of carbonyl (C=O) groups is 2. The number of fused-ring (bicyclic) bond motifs is 1. The number of pyridine rings is 1. The molecule has 1 aliphatic heterocycles.